The highest BCUT2D eigenvalue weighted by atomic mass is 32.2. The van der Waals surface area contributed by atoms with Gasteiger partial charge in [0.1, 0.15) is 11.6 Å². The lowest BCUT2D eigenvalue weighted by molar-refractivity contribution is 0.181. The zero-order chi connectivity index (χ0) is 17.2. The Hall–Kier alpha value is -1.83. The van der Waals surface area contributed by atoms with Crippen molar-refractivity contribution in [3.05, 3.63) is 65.7 Å². The lowest BCUT2D eigenvalue weighted by atomic mass is 10.2. The maximum atomic E-state index is 13.3. The van der Waals surface area contributed by atoms with Crippen molar-refractivity contribution in [2.24, 2.45) is 0 Å². The Kier molecular flexibility index (Phi) is 4.93. The van der Waals surface area contributed by atoms with Gasteiger partial charge >= 0.3 is 0 Å². The quantitative estimate of drug-likeness (QED) is 0.849. The average molecular weight is 352 g/mol. The molecule has 0 N–H and O–H groups in total. The highest BCUT2D eigenvalue weighted by Gasteiger charge is 2.29. The highest BCUT2D eigenvalue weighted by Crippen LogP contribution is 2.20. The third-order valence-electron chi connectivity index (χ3n) is 4.05. The molecule has 0 spiro atoms. The largest absolute Gasteiger partial charge is 0.296 e. The molecule has 1 fully saturated rings. The Morgan fingerprint density at radius 1 is 0.875 bits per heavy atom. The van der Waals surface area contributed by atoms with E-state index in [9.17, 15) is 17.2 Å². The van der Waals surface area contributed by atoms with Crippen LogP contribution < -0.4 is 0 Å². The molecule has 24 heavy (non-hydrogen) atoms. The monoisotopic (exact) mass is 352 g/mol. The molecule has 0 aliphatic carbocycles. The first-order valence-corrected chi connectivity index (χ1v) is 9.12. The van der Waals surface area contributed by atoms with Crippen LogP contribution in [0.2, 0.25) is 0 Å². The molecule has 0 amide bonds. The summed E-state index contributed by atoms with van der Waals surface area (Å²) in [6, 6.07) is 12.3. The van der Waals surface area contributed by atoms with Gasteiger partial charge in [-0.1, -0.05) is 30.3 Å². The number of halogens is 2. The Balaban J connectivity index is 1.67. The molecule has 0 unspecified atom stereocenters. The number of sulfonamides is 1. The maximum Gasteiger partial charge on any atom is 0.243 e. The molecule has 3 rings (SSSR count). The third-order valence-corrected chi connectivity index (χ3v) is 5.93. The van der Waals surface area contributed by atoms with E-state index in [1.165, 1.54) is 9.87 Å². The first-order chi connectivity index (χ1) is 11.4. The lowest BCUT2D eigenvalue weighted by Crippen LogP contribution is -2.48. The summed E-state index contributed by atoms with van der Waals surface area (Å²) in [4.78, 5) is 1.82. The van der Waals surface area contributed by atoms with Gasteiger partial charge in [0.2, 0.25) is 10.0 Å². The Bertz CT molecular complexity index is 784. The number of nitrogens with zero attached hydrogens (tertiary/aromatic N) is 2. The van der Waals surface area contributed by atoms with E-state index in [0.29, 0.717) is 32.2 Å². The van der Waals surface area contributed by atoms with E-state index in [-0.39, 0.29) is 4.90 Å². The molecule has 1 aliphatic rings. The van der Waals surface area contributed by atoms with Crippen LogP contribution in [0, 0.1) is 11.6 Å². The molecule has 0 atom stereocenters. The number of benzene rings is 2. The minimum atomic E-state index is -3.88. The number of rotatable bonds is 4. The second-order valence-corrected chi connectivity index (χ2v) is 7.71. The summed E-state index contributed by atoms with van der Waals surface area (Å²) in [5, 5.41) is 0. The average Bonchev–Trinajstić information content (AvgIpc) is 2.55. The van der Waals surface area contributed by atoms with Gasteiger partial charge in [-0.15, -0.1) is 0 Å². The van der Waals surface area contributed by atoms with Crippen molar-refractivity contribution in [1.82, 2.24) is 9.21 Å². The predicted octanol–water partition coefficient (Wildman–Crippen LogP) is 2.47. The van der Waals surface area contributed by atoms with E-state index in [0.717, 1.165) is 18.7 Å². The topological polar surface area (TPSA) is 40.6 Å². The number of hydrogen-bond acceptors (Lipinski definition) is 3. The fraction of sp³-hybridized carbons (Fsp3) is 0.294. The molecule has 0 saturated carbocycles. The van der Waals surface area contributed by atoms with Crippen molar-refractivity contribution in [2.75, 3.05) is 26.2 Å². The minimum Gasteiger partial charge on any atom is -0.296 e. The van der Waals surface area contributed by atoms with Crippen LogP contribution in [-0.2, 0) is 16.6 Å². The van der Waals surface area contributed by atoms with Crippen LogP contribution in [0.3, 0.4) is 0 Å². The van der Waals surface area contributed by atoms with Gasteiger partial charge in [0.05, 0.1) is 4.90 Å². The fourth-order valence-electron chi connectivity index (χ4n) is 2.80. The van der Waals surface area contributed by atoms with Crippen molar-refractivity contribution in [1.29, 1.82) is 0 Å². The summed E-state index contributed by atoms with van der Waals surface area (Å²) in [5.41, 5.74) is 1.17. The van der Waals surface area contributed by atoms with Gasteiger partial charge in [0.25, 0.3) is 0 Å². The molecule has 128 valence electrons. The van der Waals surface area contributed by atoms with Crippen LogP contribution in [0.5, 0.6) is 0 Å². The van der Waals surface area contributed by atoms with Crippen molar-refractivity contribution < 1.29 is 17.2 Å². The van der Waals surface area contributed by atoms with Gasteiger partial charge in [-0.05, 0) is 17.7 Å². The minimum absolute atomic E-state index is 0.299. The molecule has 1 saturated heterocycles. The molecule has 2 aromatic rings. The fourth-order valence-corrected chi connectivity index (χ4v) is 4.26. The van der Waals surface area contributed by atoms with Gasteiger partial charge in [-0.2, -0.15) is 4.31 Å². The molecular weight excluding hydrogens is 334 g/mol. The highest BCUT2D eigenvalue weighted by molar-refractivity contribution is 7.89. The van der Waals surface area contributed by atoms with E-state index in [1.54, 1.807) is 0 Å². The van der Waals surface area contributed by atoms with Crippen molar-refractivity contribution in [3.8, 4) is 0 Å². The Morgan fingerprint density at radius 2 is 1.46 bits per heavy atom. The predicted molar refractivity (Wildman–Crippen MR) is 86.8 cm³/mol. The van der Waals surface area contributed by atoms with E-state index < -0.39 is 21.7 Å². The molecule has 0 aromatic heterocycles. The maximum absolute atomic E-state index is 13.3. The zero-order valence-corrected chi connectivity index (χ0v) is 13.8. The Morgan fingerprint density at radius 3 is 2.04 bits per heavy atom. The van der Waals surface area contributed by atoms with Gasteiger partial charge in [-0.25, -0.2) is 17.2 Å². The summed E-state index contributed by atoms with van der Waals surface area (Å²) in [5.74, 6) is -1.78. The first-order valence-electron chi connectivity index (χ1n) is 7.68. The number of piperazine rings is 1. The molecule has 7 heteroatoms. The summed E-state index contributed by atoms with van der Waals surface area (Å²) in [7, 11) is -3.88. The van der Waals surface area contributed by atoms with E-state index in [4.69, 9.17) is 0 Å². The van der Waals surface area contributed by atoms with Crippen LogP contribution in [0.25, 0.3) is 0 Å². The van der Waals surface area contributed by atoms with Crippen molar-refractivity contribution in [2.45, 2.75) is 11.4 Å². The second-order valence-electron chi connectivity index (χ2n) is 5.77. The van der Waals surface area contributed by atoms with Gasteiger partial charge in [-0.3, -0.25) is 4.90 Å². The normalized spacial score (nSPS) is 17.1. The standard InChI is InChI=1S/C17H18F2N2O2S/c18-15-10-16(19)12-17(11-15)24(22,23)21-8-6-20(7-9-21)13-14-4-2-1-3-5-14/h1-5,10-12H,6-9,13H2. The molecular formula is C17H18F2N2O2S. The van der Waals surface area contributed by atoms with E-state index in [2.05, 4.69) is 4.90 Å². The lowest BCUT2D eigenvalue weighted by Gasteiger charge is -2.34. The molecule has 0 radical (unpaired) electrons. The van der Waals surface area contributed by atoms with Gasteiger partial charge < -0.3 is 0 Å². The van der Waals surface area contributed by atoms with Crippen LogP contribution in [0.1, 0.15) is 5.56 Å². The number of hydrogen-bond donors (Lipinski definition) is 0. The van der Waals surface area contributed by atoms with Crippen LogP contribution in [0.15, 0.2) is 53.4 Å². The van der Waals surface area contributed by atoms with Gasteiger partial charge in [0, 0.05) is 38.8 Å². The van der Waals surface area contributed by atoms with Crippen molar-refractivity contribution in [3.63, 3.8) is 0 Å². The summed E-state index contributed by atoms with van der Waals surface area (Å²) in [6.45, 7) is 2.50. The Labute approximate surface area is 140 Å². The third kappa shape index (κ3) is 3.80. The molecule has 1 heterocycles. The summed E-state index contributed by atoms with van der Waals surface area (Å²) in [6.07, 6.45) is 0. The van der Waals surface area contributed by atoms with Crippen molar-refractivity contribution >= 4 is 10.0 Å². The molecule has 0 bridgehead atoms. The summed E-state index contributed by atoms with van der Waals surface area (Å²) < 4.78 is 52.9. The SMILES string of the molecule is O=S(=O)(c1cc(F)cc(F)c1)N1CCN(Cc2ccccc2)CC1. The van der Waals surface area contributed by atoms with E-state index in [1.807, 2.05) is 30.3 Å². The molecule has 1 aliphatic heterocycles. The summed E-state index contributed by atoms with van der Waals surface area (Å²) >= 11 is 0. The first kappa shape index (κ1) is 17.0. The van der Waals surface area contributed by atoms with Gasteiger partial charge in [0.15, 0.2) is 0 Å². The second kappa shape index (κ2) is 6.96. The van der Waals surface area contributed by atoms with Crippen LogP contribution in [-0.4, -0.2) is 43.8 Å². The van der Waals surface area contributed by atoms with E-state index >= 15 is 0 Å². The van der Waals surface area contributed by atoms with Crippen LogP contribution >= 0.6 is 0 Å². The molecule has 4 nitrogen and oxygen atoms in total. The molecule has 2 aromatic carbocycles. The zero-order valence-electron chi connectivity index (χ0n) is 13.0. The smallest absolute Gasteiger partial charge is 0.243 e. The van der Waals surface area contributed by atoms with Crippen LogP contribution in [0.4, 0.5) is 8.78 Å².